The van der Waals surface area contributed by atoms with E-state index in [1.165, 1.54) is 17.4 Å². The number of nitrogens with zero attached hydrogens (tertiary/aromatic N) is 2. The summed E-state index contributed by atoms with van der Waals surface area (Å²) < 4.78 is 34.2. The number of sulfonamides is 1. The number of anilines is 2. The molecule has 3 aromatic carbocycles. The van der Waals surface area contributed by atoms with Gasteiger partial charge in [0.25, 0.3) is 5.91 Å². The van der Waals surface area contributed by atoms with Gasteiger partial charge in [0, 0.05) is 30.9 Å². The van der Waals surface area contributed by atoms with Crippen molar-refractivity contribution in [3.8, 4) is 5.75 Å². The minimum absolute atomic E-state index is 0.0336. The minimum atomic E-state index is -3.79. The Labute approximate surface area is 241 Å². The second-order valence-corrected chi connectivity index (χ2v) is 12.4. The van der Waals surface area contributed by atoms with E-state index in [1.807, 2.05) is 19.9 Å². The van der Waals surface area contributed by atoms with E-state index in [9.17, 15) is 23.1 Å². The van der Waals surface area contributed by atoms with Gasteiger partial charge in [0.15, 0.2) is 0 Å². The van der Waals surface area contributed by atoms with Crippen LogP contribution in [-0.4, -0.2) is 73.6 Å². The van der Waals surface area contributed by atoms with Crippen molar-refractivity contribution < 1.29 is 27.9 Å². The summed E-state index contributed by atoms with van der Waals surface area (Å²) in [5.41, 5.74) is 2.13. The highest BCUT2D eigenvalue weighted by Crippen LogP contribution is 2.31. The van der Waals surface area contributed by atoms with Crippen LogP contribution >= 0.6 is 0 Å². The molecule has 0 aromatic heterocycles. The molecule has 1 aliphatic rings. The molecule has 0 saturated carbocycles. The highest BCUT2D eigenvalue weighted by Gasteiger charge is 2.35. The highest BCUT2D eigenvalue weighted by atomic mass is 32.2. The van der Waals surface area contributed by atoms with Crippen molar-refractivity contribution in [3.63, 3.8) is 0 Å². The Kier molecular flexibility index (Phi) is 9.31. The van der Waals surface area contributed by atoms with Crippen LogP contribution in [0, 0.1) is 12.8 Å². The molecule has 218 valence electrons. The Morgan fingerprint density at radius 2 is 1.73 bits per heavy atom. The number of ether oxygens (including phenoxy) is 1. The fourth-order valence-electron chi connectivity index (χ4n) is 4.57. The van der Waals surface area contributed by atoms with Gasteiger partial charge in [0.1, 0.15) is 11.9 Å². The summed E-state index contributed by atoms with van der Waals surface area (Å²) in [5, 5.41) is 15.4. The SMILES string of the molecule is Cc1ccc(S(=O)(=O)N(C)C[C@@H]2Oc3ccc(NC(=O)Nc4ccccc4)cc3C(=O)N([C@H](C)CO)C[C@@H]2C)cc1. The van der Waals surface area contributed by atoms with Crippen LogP contribution in [0.2, 0.25) is 0 Å². The molecule has 10 nitrogen and oxygen atoms in total. The largest absolute Gasteiger partial charge is 0.488 e. The lowest BCUT2D eigenvalue weighted by Gasteiger charge is -2.38. The van der Waals surface area contributed by atoms with Crippen LogP contribution in [-0.2, 0) is 10.0 Å². The summed E-state index contributed by atoms with van der Waals surface area (Å²) >= 11 is 0. The number of hydrogen-bond donors (Lipinski definition) is 3. The van der Waals surface area contributed by atoms with E-state index in [1.54, 1.807) is 72.5 Å². The molecule has 3 aromatic rings. The van der Waals surface area contributed by atoms with Crippen LogP contribution in [0.1, 0.15) is 29.8 Å². The van der Waals surface area contributed by atoms with Crippen molar-refractivity contribution in [1.82, 2.24) is 9.21 Å². The van der Waals surface area contributed by atoms with E-state index in [4.69, 9.17) is 4.74 Å². The van der Waals surface area contributed by atoms with Gasteiger partial charge >= 0.3 is 6.03 Å². The van der Waals surface area contributed by atoms with E-state index >= 15 is 0 Å². The molecule has 0 saturated heterocycles. The molecular formula is C30H36N4O6S. The van der Waals surface area contributed by atoms with Crippen molar-refractivity contribution in [1.29, 1.82) is 0 Å². The molecule has 0 unspecified atom stereocenters. The van der Waals surface area contributed by atoms with Gasteiger partial charge in [-0.05, 0) is 56.3 Å². The van der Waals surface area contributed by atoms with Gasteiger partial charge in [-0.2, -0.15) is 4.31 Å². The monoisotopic (exact) mass is 580 g/mol. The van der Waals surface area contributed by atoms with Crippen LogP contribution in [0.3, 0.4) is 0 Å². The Bertz CT molecular complexity index is 1480. The number of urea groups is 1. The average Bonchev–Trinajstić information content (AvgIpc) is 2.95. The number of amides is 3. The van der Waals surface area contributed by atoms with Crippen molar-refractivity contribution >= 4 is 33.3 Å². The maximum Gasteiger partial charge on any atom is 0.323 e. The number of carbonyl (C=O) groups excluding carboxylic acids is 2. The molecule has 41 heavy (non-hydrogen) atoms. The van der Waals surface area contributed by atoms with Crippen molar-refractivity contribution in [2.24, 2.45) is 5.92 Å². The second-order valence-electron chi connectivity index (χ2n) is 10.4. The van der Waals surface area contributed by atoms with Gasteiger partial charge in [-0.3, -0.25) is 4.79 Å². The summed E-state index contributed by atoms with van der Waals surface area (Å²) in [7, 11) is -2.29. The average molecular weight is 581 g/mol. The molecule has 0 spiro atoms. The van der Waals surface area contributed by atoms with Gasteiger partial charge in [0.05, 0.1) is 29.7 Å². The van der Waals surface area contributed by atoms with Crippen molar-refractivity contribution in [3.05, 3.63) is 83.9 Å². The fraction of sp³-hybridized carbons (Fsp3) is 0.333. The summed E-state index contributed by atoms with van der Waals surface area (Å²) in [5.74, 6) is -0.373. The van der Waals surface area contributed by atoms with Crippen LogP contribution in [0.15, 0.2) is 77.7 Å². The Balaban J connectivity index is 1.61. The van der Waals surface area contributed by atoms with Gasteiger partial charge in [-0.1, -0.05) is 42.8 Å². The molecule has 0 fully saturated rings. The number of hydrogen-bond acceptors (Lipinski definition) is 6. The van der Waals surface area contributed by atoms with E-state index in [0.29, 0.717) is 11.4 Å². The van der Waals surface area contributed by atoms with E-state index in [-0.39, 0.29) is 47.7 Å². The topological polar surface area (TPSA) is 128 Å². The molecule has 0 radical (unpaired) electrons. The Morgan fingerprint density at radius 1 is 1.07 bits per heavy atom. The number of para-hydroxylation sites is 1. The molecular weight excluding hydrogens is 544 g/mol. The third kappa shape index (κ3) is 7.05. The lowest BCUT2D eigenvalue weighted by Crippen LogP contribution is -2.50. The second kappa shape index (κ2) is 12.7. The van der Waals surface area contributed by atoms with Crippen molar-refractivity contribution in [2.75, 3.05) is 37.4 Å². The Hall–Kier alpha value is -3.93. The van der Waals surface area contributed by atoms with Crippen LogP contribution in [0.4, 0.5) is 16.2 Å². The first-order valence-corrected chi connectivity index (χ1v) is 14.8. The zero-order valence-electron chi connectivity index (χ0n) is 23.6. The molecule has 4 rings (SSSR count). The third-order valence-corrected chi connectivity index (χ3v) is 8.96. The molecule has 3 amide bonds. The first-order valence-electron chi connectivity index (χ1n) is 13.4. The molecule has 0 bridgehead atoms. The zero-order chi connectivity index (χ0) is 29.7. The standard InChI is InChI=1S/C30H36N4O6S/c1-20-10-13-25(14-11-20)41(38,39)33(4)18-28-21(2)17-34(22(3)19-35)29(36)26-16-24(12-15-27(26)40-28)32-30(37)31-23-8-6-5-7-9-23/h5-16,21-22,28,35H,17-19H2,1-4H3,(H2,31,32,37)/t21-,22+,28-/m0/s1. The molecule has 11 heteroatoms. The van der Waals surface area contributed by atoms with Gasteiger partial charge < -0.3 is 25.4 Å². The third-order valence-electron chi connectivity index (χ3n) is 7.12. The number of aliphatic hydroxyl groups excluding tert-OH is 1. The van der Waals surface area contributed by atoms with Gasteiger partial charge in [0.2, 0.25) is 10.0 Å². The first-order chi connectivity index (χ1) is 19.5. The van der Waals surface area contributed by atoms with E-state index < -0.39 is 28.2 Å². The number of aliphatic hydroxyl groups is 1. The smallest absolute Gasteiger partial charge is 0.323 e. The number of benzene rings is 3. The fourth-order valence-corrected chi connectivity index (χ4v) is 5.76. The summed E-state index contributed by atoms with van der Waals surface area (Å²) in [6, 6.07) is 19.3. The summed E-state index contributed by atoms with van der Waals surface area (Å²) in [4.78, 5) is 28.0. The zero-order valence-corrected chi connectivity index (χ0v) is 24.4. The van der Waals surface area contributed by atoms with Gasteiger partial charge in [-0.15, -0.1) is 0 Å². The lowest BCUT2D eigenvalue weighted by molar-refractivity contribution is 0.0387. The summed E-state index contributed by atoms with van der Waals surface area (Å²) in [6.07, 6.45) is -0.611. The molecule has 1 heterocycles. The van der Waals surface area contributed by atoms with Crippen LogP contribution in [0.5, 0.6) is 5.75 Å². The number of likely N-dealkylation sites (N-methyl/N-ethyl adjacent to an activating group) is 1. The number of aryl methyl sites for hydroxylation is 1. The maximum absolute atomic E-state index is 13.7. The number of rotatable bonds is 8. The lowest BCUT2D eigenvalue weighted by atomic mass is 9.99. The Morgan fingerprint density at radius 3 is 2.39 bits per heavy atom. The molecule has 3 atom stereocenters. The first kappa shape index (κ1) is 30.0. The predicted molar refractivity (Wildman–Crippen MR) is 158 cm³/mol. The maximum atomic E-state index is 13.7. The molecule has 3 N–H and O–H groups in total. The minimum Gasteiger partial charge on any atom is -0.488 e. The predicted octanol–water partition coefficient (Wildman–Crippen LogP) is 4.18. The van der Waals surface area contributed by atoms with E-state index in [2.05, 4.69) is 10.6 Å². The highest BCUT2D eigenvalue weighted by molar-refractivity contribution is 7.89. The normalized spacial score (nSPS) is 18.1. The molecule has 0 aliphatic carbocycles. The van der Waals surface area contributed by atoms with Gasteiger partial charge in [-0.25, -0.2) is 13.2 Å². The van der Waals surface area contributed by atoms with E-state index in [0.717, 1.165) is 5.56 Å². The van der Waals surface area contributed by atoms with Crippen molar-refractivity contribution in [2.45, 2.75) is 37.8 Å². The molecule has 1 aliphatic heterocycles. The number of nitrogens with one attached hydrogen (secondary N) is 2. The summed E-state index contributed by atoms with van der Waals surface area (Å²) in [6.45, 7) is 5.53. The van der Waals surface area contributed by atoms with Crippen LogP contribution in [0.25, 0.3) is 0 Å². The quantitative estimate of drug-likeness (QED) is 0.367. The number of carbonyl (C=O) groups is 2. The van der Waals surface area contributed by atoms with Crippen LogP contribution < -0.4 is 15.4 Å². The number of fused-ring (bicyclic) bond motifs is 1.